The highest BCUT2D eigenvalue weighted by Gasteiger charge is 2.26. The third kappa shape index (κ3) is 2.00. The highest BCUT2D eigenvalue weighted by Crippen LogP contribution is 2.31. The van der Waals surface area contributed by atoms with Gasteiger partial charge < -0.3 is 10.7 Å². The molecule has 102 valence electrons. The van der Waals surface area contributed by atoms with Gasteiger partial charge in [-0.15, -0.1) is 0 Å². The molecular weight excluding hydrogens is 246 g/mol. The fourth-order valence-electron chi connectivity index (χ4n) is 2.54. The lowest BCUT2D eigenvalue weighted by Crippen LogP contribution is -2.20. The Labute approximate surface area is 118 Å². The molecule has 0 saturated heterocycles. The number of fused-ring (bicyclic) bond motifs is 1. The van der Waals surface area contributed by atoms with Gasteiger partial charge in [-0.3, -0.25) is 0 Å². The topological polar surface area (TPSA) is 54.7 Å². The third-order valence-electron chi connectivity index (χ3n) is 3.90. The van der Waals surface area contributed by atoms with E-state index in [9.17, 15) is 0 Å². The highest BCUT2D eigenvalue weighted by molar-refractivity contribution is 5.79. The molecule has 0 aliphatic carbocycles. The van der Waals surface area contributed by atoms with Crippen LogP contribution < -0.4 is 5.73 Å². The number of benzene rings is 2. The van der Waals surface area contributed by atoms with Crippen molar-refractivity contribution in [2.45, 2.75) is 25.8 Å². The molecular formula is C17H19N3. The number of aromatic nitrogens is 2. The van der Waals surface area contributed by atoms with Gasteiger partial charge in [0.05, 0.1) is 11.0 Å². The Morgan fingerprint density at radius 3 is 2.50 bits per heavy atom. The van der Waals surface area contributed by atoms with Gasteiger partial charge in [0.25, 0.3) is 0 Å². The number of nitrogens with one attached hydrogen (secondary N) is 1. The summed E-state index contributed by atoms with van der Waals surface area (Å²) in [5, 5.41) is 0. The number of rotatable bonds is 3. The third-order valence-corrected chi connectivity index (χ3v) is 3.90. The molecule has 0 saturated carbocycles. The first kappa shape index (κ1) is 12.9. The van der Waals surface area contributed by atoms with Crippen molar-refractivity contribution in [3.63, 3.8) is 0 Å². The summed E-state index contributed by atoms with van der Waals surface area (Å²) in [4.78, 5) is 8.24. The number of aromatic amines is 1. The first-order valence-corrected chi connectivity index (χ1v) is 6.86. The standard InChI is InChI=1S/C17H19N3/c1-17(2,13-8-4-3-5-9-13)16-19-14-10-6-7-12(11-18)15(14)20-16/h3-10H,11,18H2,1-2H3,(H,19,20). The maximum atomic E-state index is 5.79. The molecule has 2 aromatic carbocycles. The maximum absolute atomic E-state index is 5.79. The molecule has 0 atom stereocenters. The fourth-order valence-corrected chi connectivity index (χ4v) is 2.54. The monoisotopic (exact) mass is 265 g/mol. The Hall–Kier alpha value is -2.13. The van der Waals surface area contributed by atoms with E-state index >= 15 is 0 Å². The molecule has 20 heavy (non-hydrogen) atoms. The molecule has 0 fully saturated rings. The van der Waals surface area contributed by atoms with Gasteiger partial charge in [-0.2, -0.15) is 0 Å². The van der Waals surface area contributed by atoms with Gasteiger partial charge in [-0.05, 0) is 31.0 Å². The zero-order valence-corrected chi connectivity index (χ0v) is 11.9. The molecule has 1 heterocycles. The Balaban J connectivity index is 2.15. The minimum absolute atomic E-state index is 0.161. The van der Waals surface area contributed by atoms with Crippen molar-refractivity contribution in [2.24, 2.45) is 5.73 Å². The van der Waals surface area contributed by atoms with E-state index in [0.717, 1.165) is 22.4 Å². The van der Waals surface area contributed by atoms with Crippen molar-refractivity contribution in [2.75, 3.05) is 0 Å². The Morgan fingerprint density at radius 1 is 1.05 bits per heavy atom. The molecule has 0 spiro atoms. The van der Waals surface area contributed by atoms with Crippen molar-refractivity contribution in [3.05, 3.63) is 65.5 Å². The van der Waals surface area contributed by atoms with Gasteiger partial charge in [-0.1, -0.05) is 42.5 Å². The Bertz CT molecular complexity index is 726. The van der Waals surface area contributed by atoms with Crippen LogP contribution in [-0.2, 0) is 12.0 Å². The second-order valence-corrected chi connectivity index (χ2v) is 5.59. The summed E-state index contributed by atoms with van der Waals surface area (Å²) < 4.78 is 0. The molecule has 3 aromatic rings. The highest BCUT2D eigenvalue weighted by atomic mass is 14.9. The van der Waals surface area contributed by atoms with Crippen LogP contribution in [0.4, 0.5) is 0 Å². The predicted octanol–water partition coefficient (Wildman–Crippen LogP) is 3.35. The van der Waals surface area contributed by atoms with Crippen LogP contribution in [0.3, 0.4) is 0 Å². The summed E-state index contributed by atoms with van der Waals surface area (Å²) >= 11 is 0. The average molecular weight is 265 g/mol. The van der Waals surface area contributed by atoms with Gasteiger partial charge in [0.2, 0.25) is 0 Å². The van der Waals surface area contributed by atoms with Gasteiger partial charge >= 0.3 is 0 Å². The van der Waals surface area contributed by atoms with Gasteiger partial charge in [-0.25, -0.2) is 4.98 Å². The normalized spacial score (nSPS) is 11.9. The van der Waals surface area contributed by atoms with E-state index in [1.807, 2.05) is 24.3 Å². The summed E-state index contributed by atoms with van der Waals surface area (Å²) in [5.41, 5.74) is 9.98. The van der Waals surface area contributed by atoms with Crippen LogP contribution in [0.25, 0.3) is 11.0 Å². The number of H-pyrrole nitrogens is 1. The summed E-state index contributed by atoms with van der Waals surface area (Å²) in [6, 6.07) is 16.5. The molecule has 0 unspecified atom stereocenters. The van der Waals surface area contributed by atoms with Crippen molar-refractivity contribution < 1.29 is 0 Å². The van der Waals surface area contributed by atoms with Crippen LogP contribution in [0.2, 0.25) is 0 Å². The molecule has 0 bridgehead atoms. The van der Waals surface area contributed by atoms with Crippen molar-refractivity contribution in [1.29, 1.82) is 0 Å². The van der Waals surface area contributed by atoms with Crippen LogP contribution in [0, 0.1) is 0 Å². The quantitative estimate of drug-likeness (QED) is 0.763. The SMILES string of the molecule is CC(C)(c1ccccc1)c1nc2c(CN)cccc2[nH]1. The number of hydrogen-bond donors (Lipinski definition) is 2. The second-order valence-electron chi connectivity index (χ2n) is 5.59. The van der Waals surface area contributed by atoms with E-state index in [-0.39, 0.29) is 5.41 Å². The minimum Gasteiger partial charge on any atom is -0.341 e. The molecule has 0 amide bonds. The van der Waals surface area contributed by atoms with Crippen LogP contribution in [-0.4, -0.2) is 9.97 Å². The molecule has 0 radical (unpaired) electrons. The number of nitrogens with zero attached hydrogens (tertiary/aromatic N) is 1. The van der Waals surface area contributed by atoms with Gasteiger partial charge in [0.15, 0.2) is 0 Å². The van der Waals surface area contributed by atoms with E-state index in [1.165, 1.54) is 5.56 Å². The number of nitrogens with two attached hydrogens (primary N) is 1. The fraction of sp³-hybridized carbons (Fsp3) is 0.235. The first-order chi connectivity index (χ1) is 9.63. The van der Waals surface area contributed by atoms with Crippen LogP contribution in [0.5, 0.6) is 0 Å². The molecule has 3 rings (SSSR count). The van der Waals surface area contributed by atoms with E-state index in [2.05, 4.69) is 43.1 Å². The molecule has 3 heteroatoms. The summed E-state index contributed by atoms with van der Waals surface area (Å²) in [6.07, 6.45) is 0. The molecule has 3 N–H and O–H groups in total. The second kappa shape index (κ2) is 4.76. The zero-order valence-electron chi connectivity index (χ0n) is 11.9. The smallest absolute Gasteiger partial charge is 0.117 e. The largest absolute Gasteiger partial charge is 0.341 e. The number of hydrogen-bond acceptors (Lipinski definition) is 2. The zero-order chi connectivity index (χ0) is 14.2. The molecule has 0 aliphatic rings. The van der Waals surface area contributed by atoms with Crippen molar-refractivity contribution in [3.8, 4) is 0 Å². The Morgan fingerprint density at radius 2 is 1.80 bits per heavy atom. The van der Waals surface area contributed by atoms with Crippen LogP contribution in [0.1, 0.15) is 30.8 Å². The maximum Gasteiger partial charge on any atom is 0.117 e. The molecule has 3 nitrogen and oxygen atoms in total. The van der Waals surface area contributed by atoms with Crippen LogP contribution in [0.15, 0.2) is 48.5 Å². The summed E-state index contributed by atoms with van der Waals surface area (Å²) in [6.45, 7) is 4.87. The lowest BCUT2D eigenvalue weighted by molar-refractivity contribution is 0.601. The van der Waals surface area contributed by atoms with E-state index in [4.69, 9.17) is 10.7 Å². The minimum atomic E-state index is -0.161. The lowest BCUT2D eigenvalue weighted by atomic mass is 9.84. The molecule has 1 aromatic heterocycles. The summed E-state index contributed by atoms with van der Waals surface area (Å²) in [5.74, 6) is 0.972. The van der Waals surface area contributed by atoms with Crippen molar-refractivity contribution >= 4 is 11.0 Å². The number of imidazole rings is 1. The van der Waals surface area contributed by atoms with E-state index in [1.54, 1.807) is 0 Å². The number of para-hydroxylation sites is 1. The molecule has 0 aliphatic heterocycles. The summed E-state index contributed by atoms with van der Waals surface area (Å²) in [7, 11) is 0. The van der Waals surface area contributed by atoms with E-state index in [0.29, 0.717) is 6.54 Å². The van der Waals surface area contributed by atoms with Gasteiger partial charge in [0.1, 0.15) is 5.82 Å². The van der Waals surface area contributed by atoms with E-state index < -0.39 is 0 Å². The average Bonchev–Trinajstić information content (AvgIpc) is 2.93. The predicted molar refractivity (Wildman–Crippen MR) is 82.6 cm³/mol. The lowest BCUT2D eigenvalue weighted by Gasteiger charge is -2.22. The first-order valence-electron chi connectivity index (χ1n) is 6.86. The Kier molecular flexibility index (Phi) is 3.07. The van der Waals surface area contributed by atoms with Crippen LogP contribution >= 0.6 is 0 Å². The van der Waals surface area contributed by atoms with Crippen molar-refractivity contribution in [1.82, 2.24) is 9.97 Å². The van der Waals surface area contributed by atoms with Gasteiger partial charge in [0, 0.05) is 12.0 Å².